The summed E-state index contributed by atoms with van der Waals surface area (Å²) in [6.45, 7) is 0. The van der Waals surface area contributed by atoms with Crippen LogP contribution in [-0.2, 0) is 6.42 Å². The lowest BCUT2D eigenvalue weighted by Gasteiger charge is -2.15. The second-order valence-electron chi connectivity index (χ2n) is 4.37. The van der Waals surface area contributed by atoms with Gasteiger partial charge in [0.1, 0.15) is 5.75 Å². The van der Waals surface area contributed by atoms with Crippen LogP contribution in [0, 0.1) is 0 Å². The molecule has 0 aliphatic rings. The van der Waals surface area contributed by atoms with Crippen LogP contribution in [0.4, 0.5) is 0 Å². The Morgan fingerprint density at radius 3 is 2.75 bits per heavy atom. The quantitative estimate of drug-likeness (QED) is 0.807. The predicted molar refractivity (Wildman–Crippen MR) is 86.1 cm³/mol. The smallest absolute Gasteiger partial charge is 0.261 e. The monoisotopic (exact) mass is 353 g/mol. The number of alkyl halides is 1. The van der Waals surface area contributed by atoms with Crippen molar-refractivity contribution in [3.8, 4) is 5.75 Å². The van der Waals surface area contributed by atoms with E-state index in [1.165, 1.54) is 16.9 Å². The molecule has 1 N–H and O–H groups in total. The van der Waals surface area contributed by atoms with Crippen molar-refractivity contribution in [3.63, 3.8) is 0 Å². The van der Waals surface area contributed by atoms with Crippen LogP contribution in [0.3, 0.4) is 0 Å². The summed E-state index contributed by atoms with van der Waals surface area (Å²) in [5.74, 6) is 0.664. The van der Waals surface area contributed by atoms with Gasteiger partial charge in [-0.3, -0.25) is 4.79 Å². The van der Waals surface area contributed by atoms with E-state index in [-0.39, 0.29) is 11.9 Å². The number of carbonyl (C=O) groups is 1. The number of methoxy groups -OCH3 is 1. The maximum Gasteiger partial charge on any atom is 0.261 e. The Morgan fingerprint density at radius 1 is 1.40 bits per heavy atom. The second-order valence-corrected chi connectivity index (χ2v) is 5.92. The summed E-state index contributed by atoms with van der Waals surface area (Å²) >= 11 is 4.85. The lowest BCUT2D eigenvalue weighted by Crippen LogP contribution is -2.37. The summed E-state index contributed by atoms with van der Waals surface area (Å²) in [6, 6.07) is 12.0. The molecule has 1 atom stereocenters. The molecule has 2 rings (SSSR count). The number of carbonyl (C=O) groups excluding carboxylic acids is 1. The van der Waals surface area contributed by atoms with E-state index in [0.717, 1.165) is 17.5 Å². The predicted octanol–water partition coefficient (Wildman–Crippen LogP) is 3.49. The number of hydrogen-bond acceptors (Lipinski definition) is 3. The number of ether oxygens (including phenoxy) is 1. The lowest BCUT2D eigenvalue weighted by molar-refractivity contribution is 0.0945. The van der Waals surface area contributed by atoms with Crippen molar-refractivity contribution in [1.29, 1.82) is 0 Å². The highest BCUT2D eigenvalue weighted by Crippen LogP contribution is 2.21. The Hall–Kier alpha value is -1.33. The first kappa shape index (κ1) is 15.1. The molecule has 1 aromatic heterocycles. The van der Waals surface area contributed by atoms with Gasteiger partial charge in [-0.25, -0.2) is 0 Å². The number of halogens is 1. The Bertz CT molecular complexity index is 556. The normalized spacial score (nSPS) is 11.9. The largest absolute Gasteiger partial charge is 0.496 e. The number of rotatable bonds is 6. The van der Waals surface area contributed by atoms with Crippen molar-refractivity contribution in [2.24, 2.45) is 0 Å². The first-order valence-electron chi connectivity index (χ1n) is 6.26. The molecule has 106 valence electrons. The van der Waals surface area contributed by atoms with Crippen LogP contribution in [-0.4, -0.2) is 24.4 Å². The van der Waals surface area contributed by atoms with E-state index in [0.29, 0.717) is 4.88 Å². The Morgan fingerprint density at radius 2 is 2.15 bits per heavy atom. The molecule has 3 nitrogen and oxygen atoms in total. The van der Waals surface area contributed by atoms with Crippen molar-refractivity contribution >= 4 is 33.2 Å². The van der Waals surface area contributed by atoms with Crippen LogP contribution < -0.4 is 10.1 Å². The van der Waals surface area contributed by atoms with Crippen LogP contribution in [0.2, 0.25) is 0 Å². The topological polar surface area (TPSA) is 38.3 Å². The Balaban J connectivity index is 1.97. The minimum absolute atomic E-state index is 0.0568. The Labute approximate surface area is 131 Å². The zero-order valence-electron chi connectivity index (χ0n) is 11.1. The number of hydrogen-bond donors (Lipinski definition) is 1. The highest BCUT2D eigenvalue weighted by molar-refractivity contribution is 9.09. The van der Waals surface area contributed by atoms with E-state index in [9.17, 15) is 4.79 Å². The molecule has 0 bridgehead atoms. The maximum atomic E-state index is 12.2. The minimum atomic E-state index is -0.0568. The standard InChI is InChI=1S/C15H16BrNO2S/c1-19-13-8-14(20-10-13)15(18)17-12(9-16)7-11-5-3-2-4-6-11/h2-6,8,10,12H,7,9H2,1H3,(H,17,18). The molecule has 0 spiro atoms. The van der Waals surface area contributed by atoms with Crippen LogP contribution >= 0.6 is 27.3 Å². The first-order valence-corrected chi connectivity index (χ1v) is 8.26. The molecule has 1 unspecified atom stereocenters. The summed E-state index contributed by atoms with van der Waals surface area (Å²) in [5, 5.41) is 5.58. The fourth-order valence-electron chi connectivity index (χ4n) is 1.84. The van der Waals surface area contributed by atoms with E-state index in [1.54, 1.807) is 13.2 Å². The van der Waals surface area contributed by atoms with Gasteiger partial charge in [-0.1, -0.05) is 46.3 Å². The number of thiophene rings is 1. The molecule has 20 heavy (non-hydrogen) atoms. The molecule has 1 heterocycles. The molecule has 0 aliphatic carbocycles. The van der Waals surface area contributed by atoms with Crippen LogP contribution in [0.1, 0.15) is 15.2 Å². The molecule has 1 aromatic carbocycles. The minimum Gasteiger partial charge on any atom is -0.496 e. The average Bonchev–Trinajstić information content (AvgIpc) is 2.96. The summed E-state index contributed by atoms with van der Waals surface area (Å²) in [7, 11) is 1.60. The van der Waals surface area contributed by atoms with Gasteiger partial charge in [0.25, 0.3) is 5.91 Å². The van der Waals surface area contributed by atoms with Crippen molar-refractivity contribution in [2.45, 2.75) is 12.5 Å². The van der Waals surface area contributed by atoms with E-state index in [4.69, 9.17) is 4.74 Å². The van der Waals surface area contributed by atoms with E-state index >= 15 is 0 Å². The molecule has 0 fully saturated rings. The highest BCUT2D eigenvalue weighted by atomic mass is 79.9. The average molecular weight is 354 g/mol. The molecule has 5 heteroatoms. The van der Waals surface area contributed by atoms with Crippen LogP contribution in [0.5, 0.6) is 5.75 Å². The SMILES string of the molecule is COc1csc(C(=O)NC(CBr)Cc2ccccc2)c1. The van der Waals surface area contributed by atoms with Crippen molar-refractivity contribution < 1.29 is 9.53 Å². The third kappa shape index (κ3) is 4.08. The fourth-order valence-corrected chi connectivity index (χ4v) is 2.99. The van der Waals surface area contributed by atoms with Gasteiger partial charge in [0.2, 0.25) is 0 Å². The summed E-state index contributed by atoms with van der Waals surface area (Å²) in [6.07, 6.45) is 0.806. The molecule has 1 amide bonds. The maximum absolute atomic E-state index is 12.2. The first-order chi connectivity index (χ1) is 9.72. The number of amides is 1. The summed E-state index contributed by atoms with van der Waals surface area (Å²) in [4.78, 5) is 12.8. The van der Waals surface area contributed by atoms with Crippen LogP contribution in [0.25, 0.3) is 0 Å². The molecular weight excluding hydrogens is 338 g/mol. The highest BCUT2D eigenvalue weighted by Gasteiger charge is 2.15. The van der Waals surface area contributed by atoms with Gasteiger partial charge in [-0.15, -0.1) is 11.3 Å². The van der Waals surface area contributed by atoms with Gasteiger partial charge < -0.3 is 10.1 Å². The van der Waals surface area contributed by atoms with Gasteiger partial charge in [-0.05, 0) is 12.0 Å². The van der Waals surface area contributed by atoms with Gasteiger partial charge in [0.15, 0.2) is 0 Å². The molecule has 0 radical (unpaired) electrons. The molecule has 0 aliphatic heterocycles. The Kier molecular flexibility index (Phi) is 5.61. The molecule has 0 saturated heterocycles. The summed E-state index contributed by atoms with van der Waals surface area (Å²) < 4.78 is 5.09. The van der Waals surface area contributed by atoms with Crippen molar-refractivity contribution in [3.05, 3.63) is 52.2 Å². The van der Waals surface area contributed by atoms with Gasteiger partial charge >= 0.3 is 0 Å². The molecular formula is C15H16BrNO2S. The van der Waals surface area contributed by atoms with E-state index < -0.39 is 0 Å². The van der Waals surface area contributed by atoms with Gasteiger partial charge in [0.05, 0.1) is 12.0 Å². The fraction of sp³-hybridized carbons (Fsp3) is 0.267. The zero-order valence-corrected chi connectivity index (χ0v) is 13.5. The zero-order chi connectivity index (χ0) is 14.4. The third-order valence-corrected chi connectivity index (χ3v) is 4.57. The molecule has 2 aromatic rings. The number of benzene rings is 1. The van der Waals surface area contributed by atoms with Crippen LogP contribution in [0.15, 0.2) is 41.8 Å². The van der Waals surface area contributed by atoms with E-state index in [1.807, 2.05) is 23.6 Å². The van der Waals surface area contributed by atoms with E-state index in [2.05, 4.69) is 33.4 Å². The third-order valence-electron chi connectivity index (χ3n) is 2.88. The van der Waals surface area contributed by atoms with Gasteiger partial charge in [-0.2, -0.15) is 0 Å². The number of nitrogens with one attached hydrogen (secondary N) is 1. The second kappa shape index (κ2) is 7.45. The van der Waals surface area contributed by atoms with Gasteiger partial charge in [0, 0.05) is 22.8 Å². The molecule has 0 saturated carbocycles. The van der Waals surface area contributed by atoms with Crippen molar-refractivity contribution in [1.82, 2.24) is 5.32 Å². The van der Waals surface area contributed by atoms with Crippen molar-refractivity contribution in [2.75, 3.05) is 12.4 Å². The lowest BCUT2D eigenvalue weighted by atomic mass is 10.1. The summed E-state index contributed by atoms with van der Waals surface area (Å²) in [5.41, 5.74) is 1.21.